The summed E-state index contributed by atoms with van der Waals surface area (Å²) in [6.07, 6.45) is 2.86. The van der Waals surface area contributed by atoms with E-state index in [4.69, 9.17) is 14.2 Å². The van der Waals surface area contributed by atoms with Gasteiger partial charge in [-0.25, -0.2) is 4.98 Å². The molecule has 2 heterocycles. The van der Waals surface area contributed by atoms with Crippen molar-refractivity contribution in [2.24, 2.45) is 0 Å². The van der Waals surface area contributed by atoms with Crippen LogP contribution in [0.25, 0.3) is 0 Å². The van der Waals surface area contributed by atoms with Gasteiger partial charge in [-0.15, -0.1) is 0 Å². The van der Waals surface area contributed by atoms with E-state index >= 15 is 0 Å². The standard InChI is InChI=1S/C17H28N2O3/c1-16(2)10-14(17(3,4)22-16)18-11-13-6-7-15(19-12-13)21-9-8-20-5/h6-7,12,14,18H,8-11H2,1-5H3/t14-/m1/s1. The van der Waals surface area contributed by atoms with Gasteiger partial charge >= 0.3 is 0 Å². The van der Waals surface area contributed by atoms with Gasteiger partial charge in [-0.2, -0.15) is 0 Å². The van der Waals surface area contributed by atoms with Crippen LogP contribution in [0.15, 0.2) is 18.3 Å². The maximum absolute atomic E-state index is 6.10. The van der Waals surface area contributed by atoms with Crippen LogP contribution in [0.5, 0.6) is 5.88 Å². The molecule has 0 aromatic carbocycles. The van der Waals surface area contributed by atoms with Crippen LogP contribution in [0.4, 0.5) is 0 Å². The second-order valence-corrected chi connectivity index (χ2v) is 6.95. The van der Waals surface area contributed by atoms with Crippen LogP contribution >= 0.6 is 0 Å². The highest BCUT2D eigenvalue weighted by atomic mass is 16.5. The number of pyridine rings is 1. The minimum Gasteiger partial charge on any atom is -0.475 e. The first-order chi connectivity index (χ1) is 10.3. The summed E-state index contributed by atoms with van der Waals surface area (Å²) < 4.78 is 16.5. The fourth-order valence-electron chi connectivity index (χ4n) is 2.95. The molecule has 2 rings (SSSR count). The quantitative estimate of drug-likeness (QED) is 0.785. The molecule has 5 nitrogen and oxygen atoms in total. The van der Waals surface area contributed by atoms with E-state index in [9.17, 15) is 0 Å². The van der Waals surface area contributed by atoms with Crippen molar-refractivity contribution >= 4 is 0 Å². The van der Waals surface area contributed by atoms with Gasteiger partial charge in [0.05, 0.1) is 17.8 Å². The molecule has 1 aliphatic rings. The van der Waals surface area contributed by atoms with Crippen molar-refractivity contribution in [3.05, 3.63) is 23.9 Å². The molecule has 5 heteroatoms. The number of nitrogens with one attached hydrogen (secondary N) is 1. The third-order valence-corrected chi connectivity index (χ3v) is 3.96. The topological polar surface area (TPSA) is 52.6 Å². The van der Waals surface area contributed by atoms with Crippen LogP contribution in [0, 0.1) is 0 Å². The Morgan fingerprint density at radius 1 is 1.27 bits per heavy atom. The van der Waals surface area contributed by atoms with E-state index in [1.54, 1.807) is 7.11 Å². The molecule has 1 N–H and O–H groups in total. The van der Waals surface area contributed by atoms with Crippen LogP contribution < -0.4 is 10.1 Å². The molecule has 1 fully saturated rings. The van der Waals surface area contributed by atoms with E-state index in [2.05, 4.69) is 38.0 Å². The Morgan fingerprint density at radius 2 is 2.05 bits per heavy atom. The van der Waals surface area contributed by atoms with Gasteiger partial charge in [0.15, 0.2) is 0 Å². The van der Waals surface area contributed by atoms with Crippen molar-refractivity contribution in [2.75, 3.05) is 20.3 Å². The Hall–Kier alpha value is -1.17. The van der Waals surface area contributed by atoms with Crippen molar-refractivity contribution in [1.29, 1.82) is 0 Å². The van der Waals surface area contributed by atoms with E-state index in [1.165, 1.54) is 0 Å². The Kier molecular flexibility index (Phi) is 5.42. The van der Waals surface area contributed by atoms with Crippen molar-refractivity contribution in [1.82, 2.24) is 10.3 Å². The molecule has 0 radical (unpaired) electrons. The molecule has 0 unspecified atom stereocenters. The molecule has 124 valence electrons. The minimum atomic E-state index is -0.153. The number of nitrogens with zero attached hydrogens (tertiary/aromatic N) is 1. The molecule has 0 amide bonds. The van der Waals surface area contributed by atoms with Crippen LogP contribution in [0.3, 0.4) is 0 Å². The molecule has 0 aliphatic carbocycles. The smallest absolute Gasteiger partial charge is 0.213 e. The summed E-state index contributed by atoms with van der Waals surface area (Å²) in [5, 5.41) is 3.59. The third kappa shape index (κ3) is 4.66. The van der Waals surface area contributed by atoms with Crippen molar-refractivity contribution in [3.63, 3.8) is 0 Å². The molecule has 1 aliphatic heterocycles. The van der Waals surface area contributed by atoms with Crippen molar-refractivity contribution < 1.29 is 14.2 Å². The van der Waals surface area contributed by atoms with Crippen molar-refractivity contribution in [3.8, 4) is 5.88 Å². The number of ether oxygens (including phenoxy) is 3. The van der Waals surface area contributed by atoms with Gasteiger partial charge < -0.3 is 19.5 Å². The molecule has 0 saturated carbocycles. The largest absolute Gasteiger partial charge is 0.475 e. The fourth-order valence-corrected chi connectivity index (χ4v) is 2.95. The van der Waals surface area contributed by atoms with E-state index in [-0.39, 0.29) is 11.2 Å². The number of aromatic nitrogens is 1. The predicted molar refractivity (Wildman–Crippen MR) is 86.1 cm³/mol. The normalized spacial score (nSPS) is 22.7. The van der Waals surface area contributed by atoms with Crippen LogP contribution in [-0.4, -0.2) is 42.6 Å². The predicted octanol–water partition coefficient (Wildman–Crippen LogP) is 2.54. The van der Waals surface area contributed by atoms with Crippen LogP contribution in [0.1, 0.15) is 39.7 Å². The molecule has 0 bridgehead atoms. The van der Waals surface area contributed by atoms with Gasteiger partial charge in [0.25, 0.3) is 0 Å². The average Bonchev–Trinajstić information content (AvgIpc) is 2.65. The van der Waals surface area contributed by atoms with Crippen LogP contribution in [0.2, 0.25) is 0 Å². The fraction of sp³-hybridized carbons (Fsp3) is 0.706. The first-order valence-corrected chi connectivity index (χ1v) is 7.83. The summed E-state index contributed by atoms with van der Waals surface area (Å²) in [5.74, 6) is 0.631. The maximum Gasteiger partial charge on any atom is 0.213 e. The summed E-state index contributed by atoms with van der Waals surface area (Å²) in [5.41, 5.74) is 0.915. The van der Waals surface area contributed by atoms with Crippen molar-refractivity contribution in [2.45, 2.75) is 57.9 Å². The lowest BCUT2D eigenvalue weighted by Gasteiger charge is -2.27. The zero-order valence-electron chi connectivity index (χ0n) is 14.3. The summed E-state index contributed by atoms with van der Waals surface area (Å²) in [7, 11) is 1.65. The third-order valence-electron chi connectivity index (χ3n) is 3.96. The molecule has 1 aromatic heterocycles. The SMILES string of the molecule is COCCOc1ccc(CN[C@@H]2CC(C)(C)OC2(C)C)cn1. The second kappa shape index (κ2) is 6.94. The van der Waals surface area contributed by atoms with E-state index in [0.29, 0.717) is 25.1 Å². The Labute approximate surface area is 133 Å². The van der Waals surface area contributed by atoms with Gasteiger partial charge in [-0.3, -0.25) is 0 Å². The molecule has 0 spiro atoms. The van der Waals surface area contributed by atoms with E-state index < -0.39 is 0 Å². The van der Waals surface area contributed by atoms with E-state index in [1.807, 2.05) is 18.3 Å². The molecule has 1 atom stereocenters. The zero-order valence-corrected chi connectivity index (χ0v) is 14.3. The van der Waals surface area contributed by atoms with Crippen LogP contribution in [-0.2, 0) is 16.0 Å². The number of hydrogen-bond donors (Lipinski definition) is 1. The summed E-state index contributed by atoms with van der Waals surface area (Å²) >= 11 is 0. The number of hydrogen-bond acceptors (Lipinski definition) is 5. The minimum absolute atomic E-state index is 0.0710. The molecular weight excluding hydrogens is 280 g/mol. The summed E-state index contributed by atoms with van der Waals surface area (Å²) in [4.78, 5) is 4.31. The molecule has 1 aromatic rings. The average molecular weight is 308 g/mol. The second-order valence-electron chi connectivity index (χ2n) is 6.95. The van der Waals surface area contributed by atoms with Gasteiger partial charge in [0.1, 0.15) is 6.61 Å². The lowest BCUT2D eigenvalue weighted by atomic mass is 9.94. The highest BCUT2D eigenvalue weighted by Crippen LogP contribution is 2.37. The Balaban J connectivity index is 1.84. The summed E-state index contributed by atoms with van der Waals surface area (Å²) in [6.45, 7) is 10.4. The maximum atomic E-state index is 6.10. The summed E-state index contributed by atoms with van der Waals surface area (Å²) in [6, 6.07) is 4.27. The first-order valence-electron chi connectivity index (χ1n) is 7.83. The Bertz CT molecular complexity index is 471. The first kappa shape index (κ1) is 17.2. The molecule has 1 saturated heterocycles. The van der Waals surface area contributed by atoms with Gasteiger partial charge in [-0.05, 0) is 39.7 Å². The van der Waals surface area contributed by atoms with Gasteiger partial charge in [0.2, 0.25) is 5.88 Å². The Morgan fingerprint density at radius 3 is 2.59 bits per heavy atom. The molecule has 22 heavy (non-hydrogen) atoms. The monoisotopic (exact) mass is 308 g/mol. The van der Waals surface area contributed by atoms with E-state index in [0.717, 1.165) is 18.5 Å². The highest BCUT2D eigenvalue weighted by Gasteiger charge is 2.45. The van der Waals surface area contributed by atoms with Gasteiger partial charge in [0, 0.05) is 32.0 Å². The zero-order chi connectivity index (χ0) is 16.2. The number of rotatable bonds is 7. The lowest BCUT2D eigenvalue weighted by Crippen LogP contribution is -2.42. The molecular formula is C17H28N2O3. The number of methoxy groups -OCH3 is 1. The lowest BCUT2D eigenvalue weighted by molar-refractivity contribution is -0.0699. The highest BCUT2D eigenvalue weighted by molar-refractivity contribution is 5.18. The van der Waals surface area contributed by atoms with Gasteiger partial charge in [-0.1, -0.05) is 6.07 Å².